The molecular weight excluding hydrogens is 366 g/mol. The molecule has 0 aliphatic carbocycles. The van der Waals surface area contributed by atoms with Gasteiger partial charge in [-0.15, -0.1) is 11.8 Å². The molecule has 0 atom stereocenters. The number of methoxy groups -OCH3 is 2. The number of rotatable bonds is 7. The van der Waals surface area contributed by atoms with Crippen LogP contribution in [0.3, 0.4) is 0 Å². The van der Waals surface area contributed by atoms with Gasteiger partial charge in [-0.2, -0.15) is 0 Å². The normalized spacial score (nSPS) is 10.2. The second kappa shape index (κ2) is 9.78. The van der Waals surface area contributed by atoms with Crippen molar-refractivity contribution in [2.24, 2.45) is 0 Å². The number of anilines is 1. The van der Waals surface area contributed by atoms with Gasteiger partial charge in [0, 0.05) is 11.4 Å². The van der Waals surface area contributed by atoms with Gasteiger partial charge in [0.05, 0.1) is 31.1 Å². The molecule has 1 amide bonds. The maximum atomic E-state index is 12.2. The first-order valence-corrected chi connectivity index (χ1v) is 9.34. The molecule has 0 spiro atoms. The number of ether oxygens (including phenoxy) is 2. The predicted octanol–water partition coefficient (Wildman–Crippen LogP) is 3.44. The van der Waals surface area contributed by atoms with Crippen LogP contribution < -0.4 is 5.32 Å². The molecule has 0 fully saturated rings. The summed E-state index contributed by atoms with van der Waals surface area (Å²) in [7, 11) is 2.49. The van der Waals surface area contributed by atoms with E-state index in [4.69, 9.17) is 0 Å². The summed E-state index contributed by atoms with van der Waals surface area (Å²) < 4.78 is 9.36. The summed E-state index contributed by atoms with van der Waals surface area (Å²) in [6.45, 7) is 2.03. The van der Waals surface area contributed by atoms with Crippen LogP contribution in [0.25, 0.3) is 0 Å². The topological polar surface area (TPSA) is 81.7 Å². The van der Waals surface area contributed by atoms with Gasteiger partial charge in [-0.1, -0.05) is 24.3 Å². The molecule has 0 unspecified atom stereocenters. The number of aryl methyl sites for hydroxylation is 1. The average molecular weight is 387 g/mol. The molecule has 0 saturated heterocycles. The highest BCUT2D eigenvalue weighted by molar-refractivity contribution is 7.99. The number of hydrogen-bond acceptors (Lipinski definition) is 6. The minimum absolute atomic E-state index is 0.156. The Morgan fingerprint density at radius 3 is 2.11 bits per heavy atom. The van der Waals surface area contributed by atoms with E-state index in [0.29, 0.717) is 5.69 Å². The van der Waals surface area contributed by atoms with E-state index in [9.17, 15) is 14.4 Å². The largest absolute Gasteiger partial charge is 0.465 e. The van der Waals surface area contributed by atoms with Crippen molar-refractivity contribution >= 4 is 35.3 Å². The van der Waals surface area contributed by atoms with E-state index < -0.39 is 11.9 Å². The van der Waals surface area contributed by atoms with Crippen molar-refractivity contribution in [2.45, 2.75) is 12.7 Å². The third-order valence-corrected chi connectivity index (χ3v) is 4.79. The van der Waals surface area contributed by atoms with Crippen molar-refractivity contribution in [3.63, 3.8) is 0 Å². The smallest absolute Gasteiger partial charge is 0.337 e. The van der Waals surface area contributed by atoms with Crippen molar-refractivity contribution in [3.05, 3.63) is 64.7 Å². The molecule has 0 bridgehead atoms. The van der Waals surface area contributed by atoms with Gasteiger partial charge in [0.1, 0.15) is 0 Å². The number of carbonyl (C=O) groups excluding carboxylic acids is 3. The summed E-state index contributed by atoms with van der Waals surface area (Å²) in [5.41, 5.74) is 3.00. The van der Waals surface area contributed by atoms with E-state index in [1.54, 1.807) is 0 Å². The van der Waals surface area contributed by atoms with Gasteiger partial charge in [-0.3, -0.25) is 4.79 Å². The molecular formula is C20H21NO5S. The van der Waals surface area contributed by atoms with Crippen LogP contribution in [0.2, 0.25) is 0 Å². The molecule has 1 N–H and O–H groups in total. The average Bonchev–Trinajstić information content (AvgIpc) is 2.67. The Hall–Kier alpha value is -2.80. The summed E-state index contributed by atoms with van der Waals surface area (Å²) in [5.74, 6) is -0.484. The molecule has 0 aliphatic heterocycles. The second-order valence-electron chi connectivity index (χ2n) is 5.75. The van der Waals surface area contributed by atoms with E-state index >= 15 is 0 Å². The molecule has 7 heteroatoms. The summed E-state index contributed by atoms with van der Waals surface area (Å²) >= 11 is 1.48. The Bertz CT molecular complexity index is 816. The second-order valence-corrected chi connectivity index (χ2v) is 6.74. The Kier molecular flexibility index (Phi) is 7.43. The third kappa shape index (κ3) is 5.86. The number of amides is 1. The van der Waals surface area contributed by atoms with Gasteiger partial charge < -0.3 is 14.8 Å². The molecule has 142 valence electrons. The molecule has 0 radical (unpaired) electrons. The molecule has 6 nitrogen and oxygen atoms in total. The number of benzene rings is 2. The zero-order valence-electron chi connectivity index (χ0n) is 15.4. The summed E-state index contributed by atoms with van der Waals surface area (Å²) in [6, 6.07) is 12.3. The Morgan fingerprint density at radius 1 is 0.963 bits per heavy atom. The van der Waals surface area contributed by atoms with Crippen LogP contribution in [0.4, 0.5) is 5.69 Å². The molecule has 0 aromatic heterocycles. The Labute approximate surface area is 162 Å². The fourth-order valence-corrected chi connectivity index (χ4v) is 3.30. The van der Waals surface area contributed by atoms with Gasteiger partial charge in [-0.05, 0) is 36.2 Å². The lowest BCUT2D eigenvalue weighted by Crippen LogP contribution is -2.16. The van der Waals surface area contributed by atoms with Crippen LogP contribution >= 0.6 is 11.8 Å². The van der Waals surface area contributed by atoms with Gasteiger partial charge in [0.2, 0.25) is 5.91 Å². The molecule has 2 rings (SSSR count). The Balaban J connectivity index is 2.04. The minimum atomic E-state index is -0.606. The van der Waals surface area contributed by atoms with E-state index in [1.165, 1.54) is 55.3 Å². The molecule has 0 aliphatic rings. The standard InChI is InChI=1S/C20H21NO5S/c1-13-6-4-5-7-14(13)11-27-12-18(22)21-17-9-15(19(23)25-2)8-16(10-17)20(24)26-3/h4-10H,11-12H2,1-3H3,(H,21,22). The van der Waals surface area contributed by atoms with Crippen LogP contribution in [0.1, 0.15) is 31.8 Å². The van der Waals surface area contributed by atoms with Crippen molar-refractivity contribution in [1.29, 1.82) is 0 Å². The summed E-state index contributed by atoms with van der Waals surface area (Å²) in [6.07, 6.45) is 0. The van der Waals surface area contributed by atoms with E-state index in [2.05, 4.69) is 14.8 Å². The van der Waals surface area contributed by atoms with Gasteiger partial charge in [0.15, 0.2) is 0 Å². The van der Waals surface area contributed by atoms with Crippen LogP contribution in [-0.2, 0) is 20.0 Å². The molecule has 2 aromatic carbocycles. The van der Waals surface area contributed by atoms with Crippen molar-refractivity contribution in [1.82, 2.24) is 0 Å². The van der Waals surface area contributed by atoms with Crippen molar-refractivity contribution < 1.29 is 23.9 Å². The molecule has 27 heavy (non-hydrogen) atoms. The lowest BCUT2D eigenvalue weighted by molar-refractivity contribution is -0.113. The Morgan fingerprint density at radius 2 is 1.56 bits per heavy atom. The molecule has 2 aromatic rings. The zero-order valence-corrected chi connectivity index (χ0v) is 16.2. The first-order valence-electron chi connectivity index (χ1n) is 8.18. The van der Waals surface area contributed by atoms with Crippen LogP contribution in [-0.4, -0.2) is 37.8 Å². The lowest BCUT2D eigenvalue weighted by Gasteiger charge is -2.10. The van der Waals surface area contributed by atoms with Crippen LogP contribution in [0.5, 0.6) is 0 Å². The molecule has 0 saturated carbocycles. The minimum Gasteiger partial charge on any atom is -0.465 e. The fourth-order valence-electron chi connectivity index (χ4n) is 2.39. The summed E-state index contributed by atoms with van der Waals surface area (Å²) in [5, 5.41) is 2.71. The number of carbonyl (C=O) groups is 3. The van der Waals surface area contributed by atoms with Crippen molar-refractivity contribution in [3.8, 4) is 0 Å². The van der Waals surface area contributed by atoms with Gasteiger partial charge in [0.25, 0.3) is 0 Å². The highest BCUT2D eigenvalue weighted by Gasteiger charge is 2.15. The SMILES string of the molecule is COC(=O)c1cc(NC(=O)CSCc2ccccc2C)cc(C(=O)OC)c1. The summed E-state index contributed by atoms with van der Waals surface area (Å²) in [4.78, 5) is 35.8. The fraction of sp³-hybridized carbons (Fsp3) is 0.250. The van der Waals surface area contributed by atoms with E-state index in [1.807, 2.05) is 31.2 Å². The number of thioether (sulfide) groups is 1. The van der Waals surface area contributed by atoms with Crippen molar-refractivity contribution in [2.75, 3.05) is 25.3 Å². The quantitative estimate of drug-likeness (QED) is 0.733. The van der Waals surface area contributed by atoms with Gasteiger partial charge >= 0.3 is 11.9 Å². The maximum absolute atomic E-state index is 12.2. The van der Waals surface area contributed by atoms with E-state index in [-0.39, 0.29) is 22.8 Å². The predicted molar refractivity (Wildman–Crippen MR) is 105 cm³/mol. The number of hydrogen-bond donors (Lipinski definition) is 1. The van der Waals surface area contributed by atoms with Crippen LogP contribution in [0.15, 0.2) is 42.5 Å². The first kappa shape index (κ1) is 20.5. The highest BCUT2D eigenvalue weighted by atomic mass is 32.2. The number of nitrogens with one attached hydrogen (secondary N) is 1. The monoisotopic (exact) mass is 387 g/mol. The number of esters is 2. The third-order valence-electron chi connectivity index (χ3n) is 3.81. The highest BCUT2D eigenvalue weighted by Crippen LogP contribution is 2.19. The zero-order chi connectivity index (χ0) is 19.8. The maximum Gasteiger partial charge on any atom is 0.337 e. The van der Waals surface area contributed by atoms with Gasteiger partial charge in [-0.25, -0.2) is 9.59 Å². The molecule has 0 heterocycles. The lowest BCUT2D eigenvalue weighted by atomic mass is 10.1. The van der Waals surface area contributed by atoms with E-state index in [0.717, 1.165) is 5.75 Å². The first-order chi connectivity index (χ1) is 12.9. The van der Waals surface area contributed by atoms with Crippen LogP contribution in [0, 0.1) is 6.92 Å².